The molecular formula is C23H20F2N6O2S. The van der Waals surface area contributed by atoms with Crippen LogP contribution in [0, 0.1) is 11.6 Å². The number of pyridine rings is 1. The molecule has 0 saturated carbocycles. The maximum Gasteiger partial charge on any atom is 0.309 e. The molecule has 0 amide bonds. The first kappa shape index (κ1) is 22.2. The number of aromatic nitrogens is 4. The molecule has 5 rings (SSSR count). The van der Waals surface area contributed by atoms with Crippen LogP contribution in [0.25, 0.3) is 21.5 Å². The third kappa shape index (κ3) is 3.97. The SMILES string of the molecule is CC(C)n1c(=O)c(=O)sc2c(F)cc(-c3nc(Nc4ccc5c(n4)CCNC5)ncc3F)cc21. The van der Waals surface area contributed by atoms with Gasteiger partial charge in [0.2, 0.25) is 5.95 Å². The molecule has 1 aliphatic rings. The molecular weight excluding hydrogens is 462 g/mol. The summed E-state index contributed by atoms with van der Waals surface area (Å²) in [4.78, 5) is 37.3. The Labute approximate surface area is 196 Å². The third-order valence-electron chi connectivity index (χ3n) is 5.57. The smallest absolute Gasteiger partial charge is 0.309 e. The molecule has 0 atom stereocenters. The van der Waals surface area contributed by atoms with Crippen LogP contribution in [0.4, 0.5) is 20.5 Å². The Balaban J connectivity index is 1.59. The van der Waals surface area contributed by atoms with Gasteiger partial charge in [-0.3, -0.25) is 9.59 Å². The molecule has 1 aromatic carbocycles. The molecule has 3 aromatic heterocycles. The van der Waals surface area contributed by atoms with Gasteiger partial charge in [-0.2, -0.15) is 0 Å². The molecule has 0 aliphatic carbocycles. The Hall–Kier alpha value is -3.57. The number of hydrogen-bond donors (Lipinski definition) is 2. The summed E-state index contributed by atoms with van der Waals surface area (Å²) in [5.41, 5.74) is 1.52. The molecule has 174 valence electrons. The molecule has 0 spiro atoms. The Morgan fingerprint density at radius 3 is 2.76 bits per heavy atom. The zero-order chi connectivity index (χ0) is 24.0. The Morgan fingerprint density at radius 1 is 1.15 bits per heavy atom. The number of anilines is 2. The second kappa shape index (κ2) is 8.65. The van der Waals surface area contributed by atoms with Crippen LogP contribution in [0.5, 0.6) is 0 Å². The predicted octanol–water partition coefficient (Wildman–Crippen LogP) is 3.52. The minimum Gasteiger partial charge on any atom is -0.312 e. The van der Waals surface area contributed by atoms with Crippen LogP contribution < -0.4 is 20.9 Å². The number of nitrogens with one attached hydrogen (secondary N) is 2. The average Bonchev–Trinajstić information content (AvgIpc) is 2.81. The van der Waals surface area contributed by atoms with Crippen molar-refractivity contribution in [3.8, 4) is 11.3 Å². The van der Waals surface area contributed by atoms with Crippen molar-refractivity contribution in [2.24, 2.45) is 0 Å². The molecule has 0 unspecified atom stereocenters. The summed E-state index contributed by atoms with van der Waals surface area (Å²) < 4.78 is 30.2. The summed E-state index contributed by atoms with van der Waals surface area (Å²) in [5.74, 6) is -0.878. The Kier molecular flexibility index (Phi) is 5.66. The van der Waals surface area contributed by atoms with Gasteiger partial charge in [0.25, 0.3) is 4.74 Å². The van der Waals surface area contributed by atoms with Crippen molar-refractivity contribution in [2.75, 3.05) is 11.9 Å². The highest BCUT2D eigenvalue weighted by Crippen LogP contribution is 2.30. The van der Waals surface area contributed by atoms with E-state index in [9.17, 15) is 18.4 Å². The summed E-state index contributed by atoms with van der Waals surface area (Å²) in [6, 6.07) is 5.92. The van der Waals surface area contributed by atoms with Crippen molar-refractivity contribution in [3.05, 3.63) is 73.2 Å². The van der Waals surface area contributed by atoms with E-state index in [2.05, 4.69) is 25.6 Å². The first-order valence-electron chi connectivity index (χ1n) is 10.7. The summed E-state index contributed by atoms with van der Waals surface area (Å²) in [6.07, 6.45) is 1.79. The average molecular weight is 483 g/mol. The van der Waals surface area contributed by atoms with Gasteiger partial charge in [0.15, 0.2) is 5.82 Å². The van der Waals surface area contributed by atoms with E-state index in [1.54, 1.807) is 19.9 Å². The lowest BCUT2D eigenvalue weighted by atomic mass is 10.1. The van der Waals surface area contributed by atoms with Crippen molar-refractivity contribution >= 4 is 33.3 Å². The predicted molar refractivity (Wildman–Crippen MR) is 127 cm³/mol. The first-order chi connectivity index (χ1) is 16.3. The quantitative estimate of drug-likeness (QED) is 0.429. The summed E-state index contributed by atoms with van der Waals surface area (Å²) in [7, 11) is 0. The van der Waals surface area contributed by atoms with Crippen LogP contribution in [0.15, 0.2) is 40.1 Å². The summed E-state index contributed by atoms with van der Waals surface area (Å²) >= 11 is 0.535. The topological polar surface area (TPSA) is 102 Å². The van der Waals surface area contributed by atoms with E-state index < -0.39 is 28.0 Å². The molecule has 1 aliphatic heterocycles. The van der Waals surface area contributed by atoms with Gasteiger partial charge < -0.3 is 15.2 Å². The van der Waals surface area contributed by atoms with Crippen LogP contribution in [0.2, 0.25) is 0 Å². The van der Waals surface area contributed by atoms with Crippen LogP contribution in [0.1, 0.15) is 31.1 Å². The van der Waals surface area contributed by atoms with Crippen LogP contribution >= 0.6 is 11.3 Å². The van der Waals surface area contributed by atoms with Gasteiger partial charge in [-0.15, -0.1) is 0 Å². The highest BCUT2D eigenvalue weighted by molar-refractivity contribution is 7.16. The maximum atomic E-state index is 15.0. The normalized spacial score (nSPS) is 13.3. The van der Waals surface area contributed by atoms with Crippen molar-refractivity contribution in [2.45, 2.75) is 32.9 Å². The number of hydrogen-bond acceptors (Lipinski definition) is 8. The largest absolute Gasteiger partial charge is 0.312 e. The molecule has 11 heteroatoms. The van der Waals surface area contributed by atoms with Crippen molar-refractivity contribution in [3.63, 3.8) is 0 Å². The second-order valence-corrected chi connectivity index (χ2v) is 9.19. The lowest BCUT2D eigenvalue weighted by Crippen LogP contribution is -2.33. The van der Waals surface area contributed by atoms with Crippen LogP contribution in [0.3, 0.4) is 0 Å². The standard InChI is InChI=1S/C23H20F2N6O2S/c1-11(2)31-17-8-13(7-14(24)20(17)34-22(33)21(31)32)19-15(25)10-27-23(30-19)29-18-4-3-12-9-26-6-5-16(12)28-18/h3-4,7-8,10-11,26H,5-6,9H2,1-2H3,(H,27,28,29,30). The van der Waals surface area contributed by atoms with E-state index in [1.807, 2.05) is 6.07 Å². The van der Waals surface area contributed by atoms with Gasteiger partial charge in [0.05, 0.1) is 16.4 Å². The zero-order valence-electron chi connectivity index (χ0n) is 18.4. The Bertz CT molecular complexity index is 1550. The van der Waals surface area contributed by atoms with E-state index in [1.165, 1.54) is 10.6 Å². The fraction of sp³-hybridized carbons (Fsp3) is 0.261. The monoisotopic (exact) mass is 482 g/mol. The zero-order valence-corrected chi connectivity index (χ0v) is 19.2. The fourth-order valence-electron chi connectivity index (χ4n) is 4.00. The van der Waals surface area contributed by atoms with E-state index in [0.29, 0.717) is 17.2 Å². The summed E-state index contributed by atoms with van der Waals surface area (Å²) in [5, 5.41) is 6.26. The van der Waals surface area contributed by atoms with Gasteiger partial charge in [0.1, 0.15) is 17.3 Å². The lowest BCUT2D eigenvalue weighted by molar-refractivity contribution is 0.596. The van der Waals surface area contributed by atoms with Crippen molar-refractivity contribution in [1.82, 2.24) is 24.8 Å². The molecule has 0 saturated heterocycles. The highest BCUT2D eigenvalue weighted by Gasteiger charge is 2.19. The van der Waals surface area contributed by atoms with Gasteiger partial charge in [-0.05, 0) is 37.6 Å². The number of benzene rings is 1. The van der Waals surface area contributed by atoms with Crippen LogP contribution in [-0.2, 0) is 13.0 Å². The number of fused-ring (bicyclic) bond motifs is 2. The van der Waals surface area contributed by atoms with Gasteiger partial charge in [0, 0.05) is 36.8 Å². The molecule has 0 radical (unpaired) electrons. The van der Waals surface area contributed by atoms with E-state index >= 15 is 0 Å². The molecule has 0 fully saturated rings. The maximum absolute atomic E-state index is 15.0. The number of rotatable bonds is 4. The molecule has 8 nitrogen and oxygen atoms in total. The van der Waals surface area contributed by atoms with Crippen LogP contribution in [-0.4, -0.2) is 26.1 Å². The molecule has 4 heterocycles. The molecule has 34 heavy (non-hydrogen) atoms. The number of halogens is 2. The minimum atomic E-state index is -0.763. The minimum absolute atomic E-state index is 0.0302. The lowest BCUT2D eigenvalue weighted by Gasteiger charge is -2.17. The molecule has 2 N–H and O–H groups in total. The Morgan fingerprint density at radius 2 is 1.97 bits per heavy atom. The van der Waals surface area contributed by atoms with Gasteiger partial charge in [-0.25, -0.2) is 23.7 Å². The molecule has 4 aromatic rings. The second-order valence-electron chi connectivity index (χ2n) is 8.21. The van der Waals surface area contributed by atoms with Gasteiger partial charge >= 0.3 is 5.56 Å². The van der Waals surface area contributed by atoms with E-state index in [0.717, 1.165) is 43.0 Å². The van der Waals surface area contributed by atoms with Crippen molar-refractivity contribution in [1.29, 1.82) is 0 Å². The summed E-state index contributed by atoms with van der Waals surface area (Å²) in [6.45, 7) is 5.02. The van der Waals surface area contributed by atoms with E-state index in [-0.39, 0.29) is 27.4 Å². The van der Waals surface area contributed by atoms with Gasteiger partial charge in [-0.1, -0.05) is 17.4 Å². The number of nitrogens with zero attached hydrogens (tertiary/aromatic N) is 4. The van der Waals surface area contributed by atoms with Crippen molar-refractivity contribution < 1.29 is 8.78 Å². The first-order valence-corrected chi connectivity index (χ1v) is 11.5. The molecule has 0 bridgehead atoms. The third-order valence-corrected chi connectivity index (χ3v) is 6.54. The van der Waals surface area contributed by atoms with E-state index in [4.69, 9.17) is 0 Å². The highest BCUT2D eigenvalue weighted by atomic mass is 32.1. The fourth-order valence-corrected chi connectivity index (χ4v) is 4.79.